The predicted octanol–water partition coefficient (Wildman–Crippen LogP) is 2.70. The maximum atomic E-state index is 12.5. The van der Waals surface area contributed by atoms with Crippen LogP contribution in [0, 0.1) is 0 Å². The molecule has 8 heteroatoms. The summed E-state index contributed by atoms with van der Waals surface area (Å²) in [4.78, 5) is 5.26. The Morgan fingerprint density at radius 1 is 1.48 bits per heavy atom. The number of nitrogens with zero attached hydrogens (tertiary/aromatic N) is 2. The Morgan fingerprint density at radius 3 is 2.81 bits per heavy atom. The molecule has 2 aromatic rings. The lowest BCUT2D eigenvalue weighted by Gasteiger charge is -2.17. The average Bonchev–Trinajstić information content (AvgIpc) is 2.97. The first-order valence-electron chi connectivity index (χ1n) is 6.27. The molecule has 0 amide bonds. The van der Waals surface area contributed by atoms with E-state index >= 15 is 0 Å². The number of pyridine rings is 1. The molecule has 0 aromatic carbocycles. The highest BCUT2D eigenvalue weighted by Gasteiger charge is 2.22. The summed E-state index contributed by atoms with van der Waals surface area (Å²) < 4.78 is 26.2. The SMILES string of the molecule is CNc1ncc(S(=O)(=O)N(C)CCc2cccs2)cc1Cl. The fraction of sp³-hybridized carbons (Fsp3) is 0.308. The molecule has 114 valence electrons. The number of likely N-dealkylation sites (N-methyl/N-ethyl adjacent to an activating group) is 1. The zero-order chi connectivity index (χ0) is 15.5. The normalized spacial score (nSPS) is 11.8. The fourth-order valence-electron chi connectivity index (χ4n) is 1.77. The Morgan fingerprint density at radius 2 is 2.24 bits per heavy atom. The van der Waals surface area contributed by atoms with E-state index in [1.54, 1.807) is 25.4 Å². The second-order valence-corrected chi connectivity index (χ2v) is 7.89. The standard InChI is InChI=1S/C13H16ClN3O2S2/c1-15-13-12(14)8-11(9-16-13)21(18,19)17(2)6-5-10-4-3-7-20-10/h3-4,7-9H,5-6H2,1-2H3,(H,15,16). The Bertz CT molecular complexity index is 702. The van der Waals surface area contributed by atoms with Crippen molar-refractivity contribution in [2.24, 2.45) is 0 Å². The van der Waals surface area contributed by atoms with Crippen molar-refractivity contribution in [3.8, 4) is 0 Å². The molecule has 0 radical (unpaired) electrons. The first-order chi connectivity index (χ1) is 9.95. The minimum absolute atomic E-state index is 0.0974. The number of anilines is 1. The van der Waals surface area contributed by atoms with Crippen molar-refractivity contribution in [1.29, 1.82) is 0 Å². The molecule has 5 nitrogen and oxygen atoms in total. The molecule has 0 atom stereocenters. The minimum atomic E-state index is -3.58. The summed E-state index contributed by atoms with van der Waals surface area (Å²) in [5.74, 6) is 0.455. The minimum Gasteiger partial charge on any atom is -0.372 e. The molecule has 0 unspecified atom stereocenters. The number of nitrogens with one attached hydrogen (secondary N) is 1. The van der Waals surface area contributed by atoms with Crippen molar-refractivity contribution in [2.45, 2.75) is 11.3 Å². The third-order valence-corrected chi connectivity index (χ3v) is 6.06. The van der Waals surface area contributed by atoms with Crippen LogP contribution < -0.4 is 5.32 Å². The van der Waals surface area contributed by atoms with Crippen molar-refractivity contribution < 1.29 is 8.42 Å². The summed E-state index contributed by atoms with van der Waals surface area (Å²) in [6.45, 7) is 0.411. The van der Waals surface area contributed by atoms with Crippen LogP contribution in [0.5, 0.6) is 0 Å². The van der Waals surface area contributed by atoms with Gasteiger partial charge in [0.2, 0.25) is 10.0 Å². The monoisotopic (exact) mass is 345 g/mol. The van der Waals surface area contributed by atoms with Crippen LogP contribution in [-0.4, -0.2) is 38.3 Å². The van der Waals surface area contributed by atoms with Gasteiger partial charge in [0.15, 0.2) is 0 Å². The Kier molecular flexibility index (Phi) is 5.21. The topological polar surface area (TPSA) is 62.3 Å². The van der Waals surface area contributed by atoms with E-state index in [1.165, 1.54) is 16.6 Å². The van der Waals surface area contributed by atoms with Gasteiger partial charge in [0.05, 0.1) is 5.02 Å². The van der Waals surface area contributed by atoms with Crippen LogP contribution in [0.25, 0.3) is 0 Å². The maximum Gasteiger partial charge on any atom is 0.244 e. The second kappa shape index (κ2) is 6.74. The number of thiophene rings is 1. The van der Waals surface area contributed by atoms with Crippen molar-refractivity contribution >= 4 is 38.8 Å². The van der Waals surface area contributed by atoms with E-state index in [1.807, 2.05) is 17.5 Å². The van der Waals surface area contributed by atoms with Gasteiger partial charge in [-0.2, -0.15) is 0 Å². The fourth-order valence-corrected chi connectivity index (χ4v) is 3.94. The van der Waals surface area contributed by atoms with E-state index in [0.717, 1.165) is 4.88 Å². The van der Waals surface area contributed by atoms with Crippen LogP contribution in [0.2, 0.25) is 5.02 Å². The first kappa shape index (κ1) is 16.2. The summed E-state index contributed by atoms with van der Waals surface area (Å²) in [7, 11) is -0.342. The van der Waals surface area contributed by atoms with Gasteiger partial charge >= 0.3 is 0 Å². The highest BCUT2D eigenvalue weighted by molar-refractivity contribution is 7.89. The van der Waals surface area contributed by atoms with Gasteiger partial charge in [-0.25, -0.2) is 17.7 Å². The molecule has 0 saturated heterocycles. The number of hydrogen-bond donors (Lipinski definition) is 1. The molecule has 2 aromatic heterocycles. The summed E-state index contributed by atoms with van der Waals surface area (Å²) in [6, 6.07) is 5.36. The zero-order valence-electron chi connectivity index (χ0n) is 11.7. The van der Waals surface area contributed by atoms with Gasteiger partial charge in [0, 0.05) is 31.7 Å². The molecular weight excluding hydrogens is 330 g/mol. The van der Waals surface area contributed by atoms with E-state index in [9.17, 15) is 8.42 Å². The quantitative estimate of drug-likeness (QED) is 0.874. The van der Waals surface area contributed by atoms with Crippen molar-refractivity contribution in [2.75, 3.05) is 26.0 Å². The number of rotatable bonds is 6. The van der Waals surface area contributed by atoms with E-state index in [0.29, 0.717) is 18.8 Å². The zero-order valence-corrected chi connectivity index (χ0v) is 14.1. The summed E-state index contributed by atoms with van der Waals surface area (Å²) in [6.07, 6.45) is 2.00. The summed E-state index contributed by atoms with van der Waals surface area (Å²) in [5.41, 5.74) is 0. The molecule has 0 bridgehead atoms. The number of sulfonamides is 1. The highest BCUT2D eigenvalue weighted by Crippen LogP contribution is 2.24. The van der Waals surface area contributed by atoms with Crippen LogP contribution in [0.15, 0.2) is 34.7 Å². The Hall–Kier alpha value is -1.15. The molecule has 0 saturated carbocycles. The third kappa shape index (κ3) is 3.74. The van der Waals surface area contributed by atoms with Gasteiger partial charge in [0.1, 0.15) is 10.7 Å². The summed E-state index contributed by atoms with van der Waals surface area (Å²) in [5, 5.41) is 5.06. The average molecular weight is 346 g/mol. The van der Waals surface area contributed by atoms with Gasteiger partial charge in [-0.3, -0.25) is 0 Å². The lowest BCUT2D eigenvalue weighted by atomic mass is 10.3. The molecule has 0 aliphatic carbocycles. The van der Waals surface area contributed by atoms with Gasteiger partial charge in [0.25, 0.3) is 0 Å². The van der Waals surface area contributed by atoms with Crippen LogP contribution >= 0.6 is 22.9 Å². The van der Waals surface area contributed by atoms with Gasteiger partial charge in [-0.1, -0.05) is 17.7 Å². The van der Waals surface area contributed by atoms with Crippen molar-refractivity contribution in [1.82, 2.24) is 9.29 Å². The lowest BCUT2D eigenvalue weighted by molar-refractivity contribution is 0.473. The molecular formula is C13H16ClN3O2S2. The van der Waals surface area contributed by atoms with Crippen molar-refractivity contribution in [3.63, 3.8) is 0 Å². The van der Waals surface area contributed by atoms with E-state index in [2.05, 4.69) is 10.3 Å². The lowest BCUT2D eigenvalue weighted by Crippen LogP contribution is -2.29. The first-order valence-corrected chi connectivity index (χ1v) is 8.97. The van der Waals surface area contributed by atoms with Gasteiger partial charge < -0.3 is 5.32 Å². The molecule has 21 heavy (non-hydrogen) atoms. The number of halogens is 1. The Balaban J connectivity index is 2.14. The molecule has 2 heterocycles. The maximum absolute atomic E-state index is 12.5. The van der Waals surface area contributed by atoms with Crippen LogP contribution in [-0.2, 0) is 16.4 Å². The van der Waals surface area contributed by atoms with Crippen LogP contribution in [0.1, 0.15) is 4.88 Å². The molecule has 1 N–H and O–H groups in total. The Labute approximate surface area is 133 Å². The van der Waals surface area contributed by atoms with E-state index in [-0.39, 0.29) is 9.92 Å². The second-order valence-electron chi connectivity index (χ2n) is 4.41. The third-order valence-electron chi connectivity index (χ3n) is 3.01. The molecule has 0 spiro atoms. The predicted molar refractivity (Wildman–Crippen MR) is 86.6 cm³/mol. The number of aromatic nitrogens is 1. The van der Waals surface area contributed by atoms with Crippen LogP contribution in [0.3, 0.4) is 0 Å². The van der Waals surface area contributed by atoms with E-state index < -0.39 is 10.0 Å². The van der Waals surface area contributed by atoms with Crippen molar-refractivity contribution in [3.05, 3.63) is 39.7 Å². The highest BCUT2D eigenvalue weighted by atomic mass is 35.5. The summed E-state index contributed by atoms with van der Waals surface area (Å²) >= 11 is 7.61. The van der Waals surface area contributed by atoms with E-state index in [4.69, 9.17) is 11.6 Å². The van der Waals surface area contributed by atoms with Crippen LogP contribution in [0.4, 0.5) is 5.82 Å². The van der Waals surface area contributed by atoms with Gasteiger partial charge in [-0.15, -0.1) is 11.3 Å². The molecule has 0 aliphatic heterocycles. The molecule has 0 fully saturated rings. The largest absolute Gasteiger partial charge is 0.372 e. The van der Waals surface area contributed by atoms with Gasteiger partial charge in [-0.05, 0) is 23.9 Å². The molecule has 2 rings (SSSR count). The number of hydrogen-bond acceptors (Lipinski definition) is 5. The smallest absolute Gasteiger partial charge is 0.244 e. The molecule has 0 aliphatic rings.